The molecule has 0 unspecified atom stereocenters. The van der Waals surface area contributed by atoms with Gasteiger partial charge in [0.25, 0.3) is 5.91 Å². The van der Waals surface area contributed by atoms with E-state index in [2.05, 4.69) is 20.4 Å². The number of hydrogen-bond donors (Lipinski definition) is 3. The lowest BCUT2D eigenvalue weighted by molar-refractivity contribution is -0.274. The molecule has 11 heteroatoms. The number of halogens is 3. The maximum Gasteiger partial charge on any atom is 0.573 e. The zero-order chi connectivity index (χ0) is 20.1. The molecule has 0 radical (unpaired) electrons. The number of hydrogen-bond acceptors (Lipinski definition) is 7. The molecule has 0 aliphatic heterocycles. The standard InChI is InChI=1S/C17H14F3N3O3S2/c18-17(19,20)26-13-4-2-1-3-12(13)21-7-11-5-6-14(28-11)15(25)23-16-22-10(8-24)9-27-16/h1-6,9,21,24H,7-8H2,(H,22,23,25). The van der Waals surface area contributed by atoms with Gasteiger partial charge in [-0.25, -0.2) is 4.98 Å². The van der Waals surface area contributed by atoms with Crippen molar-refractivity contribution in [2.45, 2.75) is 19.5 Å². The lowest BCUT2D eigenvalue weighted by atomic mass is 10.3. The fourth-order valence-electron chi connectivity index (χ4n) is 2.20. The molecular weight excluding hydrogens is 415 g/mol. The van der Waals surface area contributed by atoms with Crippen LogP contribution in [0.4, 0.5) is 24.0 Å². The summed E-state index contributed by atoms with van der Waals surface area (Å²) in [5.41, 5.74) is 0.662. The summed E-state index contributed by atoms with van der Waals surface area (Å²) < 4.78 is 41.4. The maximum absolute atomic E-state index is 12.5. The molecule has 2 aromatic heterocycles. The first-order valence-electron chi connectivity index (χ1n) is 7.88. The van der Waals surface area contributed by atoms with Crippen LogP contribution in [-0.2, 0) is 13.2 Å². The zero-order valence-corrected chi connectivity index (χ0v) is 15.7. The first kappa shape index (κ1) is 20.1. The molecule has 1 amide bonds. The molecule has 0 aliphatic carbocycles. The Kier molecular flexibility index (Phi) is 6.17. The normalized spacial score (nSPS) is 11.3. The van der Waals surface area contributed by atoms with Crippen molar-refractivity contribution >= 4 is 39.4 Å². The minimum Gasteiger partial charge on any atom is -0.404 e. The lowest BCUT2D eigenvalue weighted by Crippen LogP contribution is -2.18. The molecule has 3 rings (SSSR count). The van der Waals surface area contributed by atoms with Gasteiger partial charge in [0.15, 0.2) is 10.9 Å². The van der Waals surface area contributed by atoms with E-state index in [0.717, 1.165) is 4.88 Å². The van der Waals surface area contributed by atoms with E-state index >= 15 is 0 Å². The number of carbonyl (C=O) groups is 1. The third-order valence-electron chi connectivity index (χ3n) is 3.39. The monoisotopic (exact) mass is 429 g/mol. The van der Waals surface area contributed by atoms with Gasteiger partial charge in [0.1, 0.15) is 0 Å². The van der Waals surface area contributed by atoms with Gasteiger partial charge in [0.05, 0.1) is 22.9 Å². The predicted octanol–water partition coefficient (Wildman–Crippen LogP) is 4.46. The van der Waals surface area contributed by atoms with Crippen LogP contribution in [0.1, 0.15) is 20.2 Å². The molecule has 0 saturated heterocycles. The van der Waals surface area contributed by atoms with Crippen molar-refractivity contribution in [3.05, 3.63) is 57.2 Å². The van der Waals surface area contributed by atoms with E-state index in [-0.39, 0.29) is 30.5 Å². The summed E-state index contributed by atoms with van der Waals surface area (Å²) >= 11 is 2.40. The third kappa shape index (κ3) is 5.44. The van der Waals surface area contributed by atoms with Gasteiger partial charge in [0, 0.05) is 16.8 Å². The minimum absolute atomic E-state index is 0.193. The fraction of sp³-hybridized carbons (Fsp3) is 0.176. The van der Waals surface area contributed by atoms with Crippen molar-refractivity contribution in [2.75, 3.05) is 10.6 Å². The summed E-state index contributed by atoms with van der Waals surface area (Å²) in [6, 6.07) is 9.06. The summed E-state index contributed by atoms with van der Waals surface area (Å²) in [7, 11) is 0. The number of ether oxygens (including phenoxy) is 1. The summed E-state index contributed by atoms with van der Waals surface area (Å²) in [6.07, 6.45) is -4.78. The summed E-state index contributed by atoms with van der Waals surface area (Å²) in [6.45, 7) is 0.0167. The van der Waals surface area contributed by atoms with Crippen LogP contribution in [0, 0.1) is 0 Å². The van der Waals surface area contributed by atoms with E-state index in [9.17, 15) is 18.0 Å². The van der Waals surface area contributed by atoms with Gasteiger partial charge in [-0.1, -0.05) is 12.1 Å². The third-order valence-corrected chi connectivity index (χ3v) is 5.28. The molecule has 28 heavy (non-hydrogen) atoms. The molecule has 1 aromatic carbocycles. The van der Waals surface area contributed by atoms with Crippen LogP contribution >= 0.6 is 22.7 Å². The molecule has 2 heterocycles. The van der Waals surface area contributed by atoms with Crippen molar-refractivity contribution in [1.29, 1.82) is 0 Å². The maximum atomic E-state index is 12.5. The molecule has 6 nitrogen and oxygen atoms in total. The van der Waals surface area contributed by atoms with Crippen LogP contribution in [-0.4, -0.2) is 22.4 Å². The number of rotatable bonds is 7. The van der Waals surface area contributed by atoms with Gasteiger partial charge in [0.2, 0.25) is 0 Å². The number of aliphatic hydroxyl groups excluding tert-OH is 1. The van der Waals surface area contributed by atoms with Gasteiger partial charge in [-0.15, -0.1) is 35.8 Å². The molecule has 0 saturated carbocycles. The lowest BCUT2D eigenvalue weighted by Gasteiger charge is -2.14. The number of nitrogens with one attached hydrogen (secondary N) is 2. The number of aliphatic hydroxyl groups is 1. The second-order valence-electron chi connectivity index (χ2n) is 5.42. The average Bonchev–Trinajstić information content (AvgIpc) is 3.29. The number of anilines is 2. The van der Waals surface area contributed by atoms with E-state index in [4.69, 9.17) is 5.11 Å². The van der Waals surface area contributed by atoms with Gasteiger partial charge < -0.3 is 15.2 Å². The van der Waals surface area contributed by atoms with Crippen molar-refractivity contribution in [1.82, 2.24) is 4.98 Å². The molecule has 0 aliphatic rings. The number of carbonyl (C=O) groups excluding carboxylic acids is 1. The zero-order valence-electron chi connectivity index (χ0n) is 14.1. The van der Waals surface area contributed by atoms with E-state index in [1.54, 1.807) is 23.6 Å². The van der Waals surface area contributed by atoms with E-state index in [0.29, 0.717) is 15.7 Å². The summed E-state index contributed by atoms with van der Waals surface area (Å²) in [5.74, 6) is -0.677. The topological polar surface area (TPSA) is 83.5 Å². The molecule has 3 N–H and O–H groups in total. The average molecular weight is 429 g/mol. The van der Waals surface area contributed by atoms with Gasteiger partial charge in [-0.2, -0.15) is 0 Å². The fourth-order valence-corrected chi connectivity index (χ4v) is 3.74. The Balaban J connectivity index is 1.61. The minimum atomic E-state index is -4.78. The van der Waals surface area contributed by atoms with E-state index in [1.165, 1.54) is 40.9 Å². The first-order chi connectivity index (χ1) is 13.3. The Morgan fingerprint density at radius 2 is 2.00 bits per heavy atom. The molecule has 0 bridgehead atoms. The Bertz CT molecular complexity index is 956. The van der Waals surface area contributed by atoms with Crippen LogP contribution in [0.2, 0.25) is 0 Å². The molecule has 0 fully saturated rings. The Hall–Kier alpha value is -2.63. The van der Waals surface area contributed by atoms with E-state index < -0.39 is 6.36 Å². The molecule has 0 spiro atoms. The van der Waals surface area contributed by atoms with Crippen LogP contribution in [0.25, 0.3) is 0 Å². The highest BCUT2D eigenvalue weighted by atomic mass is 32.1. The highest BCUT2D eigenvalue weighted by molar-refractivity contribution is 7.15. The number of amides is 1. The molecule has 148 valence electrons. The molecule has 3 aromatic rings. The van der Waals surface area contributed by atoms with Gasteiger partial charge >= 0.3 is 6.36 Å². The number of aromatic nitrogens is 1. The summed E-state index contributed by atoms with van der Waals surface area (Å²) in [5, 5.41) is 16.5. The smallest absolute Gasteiger partial charge is 0.404 e. The Labute approximate surface area is 165 Å². The van der Waals surface area contributed by atoms with Crippen molar-refractivity contribution in [3.63, 3.8) is 0 Å². The van der Waals surface area contributed by atoms with Gasteiger partial charge in [-0.3, -0.25) is 10.1 Å². The number of para-hydroxylation sites is 2. The van der Waals surface area contributed by atoms with Crippen LogP contribution in [0.3, 0.4) is 0 Å². The molecular formula is C17H14F3N3O3S2. The number of benzene rings is 1. The first-order valence-corrected chi connectivity index (χ1v) is 9.57. The number of thiazole rings is 1. The van der Waals surface area contributed by atoms with Crippen molar-refractivity contribution < 1.29 is 27.8 Å². The largest absolute Gasteiger partial charge is 0.573 e. The summed E-state index contributed by atoms with van der Waals surface area (Å²) in [4.78, 5) is 17.5. The number of nitrogens with zero attached hydrogens (tertiary/aromatic N) is 1. The highest BCUT2D eigenvalue weighted by Crippen LogP contribution is 2.30. The van der Waals surface area contributed by atoms with Crippen LogP contribution in [0.5, 0.6) is 5.75 Å². The van der Waals surface area contributed by atoms with Crippen molar-refractivity contribution in [3.8, 4) is 5.75 Å². The second-order valence-corrected chi connectivity index (χ2v) is 7.45. The quantitative estimate of drug-likeness (QED) is 0.517. The van der Waals surface area contributed by atoms with Crippen molar-refractivity contribution in [2.24, 2.45) is 0 Å². The highest BCUT2D eigenvalue weighted by Gasteiger charge is 2.32. The Morgan fingerprint density at radius 3 is 2.71 bits per heavy atom. The Morgan fingerprint density at radius 1 is 1.21 bits per heavy atom. The number of alkyl halides is 3. The van der Waals surface area contributed by atoms with Crippen LogP contribution < -0.4 is 15.4 Å². The SMILES string of the molecule is O=C(Nc1nc(CO)cs1)c1ccc(CNc2ccccc2OC(F)(F)F)s1. The number of thiophene rings is 1. The molecule has 0 atom stereocenters. The van der Waals surface area contributed by atoms with E-state index in [1.807, 2.05) is 0 Å². The second kappa shape index (κ2) is 8.59. The van der Waals surface area contributed by atoms with Crippen LogP contribution in [0.15, 0.2) is 41.8 Å². The predicted molar refractivity (Wildman–Crippen MR) is 101 cm³/mol. The van der Waals surface area contributed by atoms with Gasteiger partial charge in [-0.05, 0) is 24.3 Å².